The second kappa shape index (κ2) is 6.02. The molecule has 0 N–H and O–H groups in total. The minimum atomic E-state index is -5.75. The summed E-state index contributed by atoms with van der Waals surface area (Å²) < 4.78 is 34.4. The fraction of sp³-hybridized carbons (Fsp3) is 0. The Bertz CT molecular complexity index is 92.9. The summed E-state index contributed by atoms with van der Waals surface area (Å²) in [5.41, 5.74) is 0. The van der Waals surface area contributed by atoms with Crippen molar-refractivity contribution in [2.75, 3.05) is 0 Å². The molecule has 7 heavy (non-hydrogen) atoms. The molecule has 0 aliphatic carbocycles. The van der Waals surface area contributed by atoms with Crippen LogP contribution in [0.15, 0.2) is 0 Å². The first-order valence-electron chi connectivity index (χ1n) is 0.667. The molecule has 0 unspecified atom stereocenters. The van der Waals surface area contributed by atoms with Crippen LogP contribution in [0.2, 0.25) is 0 Å². The Labute approximate surface area is 83.0 Å². The van der Waals surface area contributed by atoms with Crippen LogP contribution in [0, 0.1) is 0 Å². The Morgan fingerprint density at radius 3 is 1.00 bits per heavy atom. The van der Waals surface area contributed by atoms with E-state index in [2.05, 4.69) is 0 Å². The summed E-state index contributed by atoms with van der Waals surface area (Å²) >= 11 is -5.75. The van der Waals surface area contributed by atoms with E-state index in [1.54, 1.807) is 0 Å². The zero-order valence-electron chi connectivity index (χ0n) is 2.04. The van der Waals surface area contributed by atoms with Crippen LogP contribution >= 0.6 is 0 Å². The molecule has 0 aromatic rings. The first-order chi connectivity index (χ1) is 2.00. The molecule has 0 amide bonds. The van der Waals surface area contributed by atoms with E-state index in [1.807, 2.05) is 0 Å². The van der Waals surface area contributed by atoms with Gasteiger partial charge in [-0.05, 0) is 0 Å². The van der Waals surface area contributed by atoms with E-state index in [0.717, 1.165) is 0 Å². The Morgan fingerprint density at radius 2 is 1.00 bits per heavy atom. The number of rotatable bonds is 0. The summed E-state index contributed by atoms with van der Waals surface area (Å²) in [6, 6.07) is 0. The van der Waals surface area contributed by atoms with Crippen LogP contribution in [-0.4, -0.2) is 54.6 Å². The fourth-order valence-corrected chi connectivity index (χ4v) is 0. The van der Waals surface area contributed by atoms with Crippen LogP contribution in [0.25, 0.3) is 0 Å². The Hall–Kier alpha value is 1.90. The normalized spacial score (nSPS) is 8.29. The third-order valence-corrected chi connectivity index (χ3v) is 0. The average molecular weight is 538 g/mol. The molecule has 46 valence electrons. The van der Waals surface area contributed by atoms with Gasteiger partial charge in [0.25, 0.3) is 0 Å². The van der Waals surface area contributed by atoms with Gasteiger partial charge < -0.3 is 0 Å². The van der Waals surface area contributed by atoms with Gasteiger partial charge >= 0.3 is 84.1 Å². The SMILES string of the molecule is [O]=[Cr](=[O])([O-])[O-].[PbH4+].[PbH4+]. The average Bonchev–Trinajstić information content (AvgIpc) is 0.722. The molecule has 0 heterocycles. The Balaban J connectivity index is -0.0000000800. The molecule has 0 aromatic heterocycles. The van der Waals surface area contributed by atoms with Crippen LogP contribution in [0.4, 0.5) is 0 Å². The van der Waals surface area contributed by atoms with Crippen LogP contribution in [-0.2, 0) is 21.2 Å². The molecule has 2 radical (unpaired) electrons. The van der Waals surface area contributed by atoms with Crippen molar-refractivity contribution in [1.82, 2.24) is 0 Å². The van der Waals surface area contributed by atoms with Gasteiger partial charge in [-0.3, -0.25) is 0 Å². The molecule has 0 rings (SSSR count). The topological polar surface area (TPSA) is 80.3 Å². The minimum absolute atomic E-state index is 0. The monoisotopic (exact) mass is 540 g/mol. The predicted octanol–water partition coefficient (Wildman–Crippen LogP) is -5.52. The molecule has 0 saturated heterocycles. The van der Waals surface area contributed by atoms with Gasteiger partial charge in [0, 0.05) is 0 Å². The summed E-state index contributed by atoms with van der Waals surface area (Å²) in [7, 11) is 0. The second-order valence-electron chi connectivity index (χ2n) is 0.408. The van der Waals surface area contributed by atoms with Crippen LogP contribution in [0.1, 0.15) is 0 Å². The summed E-state index contributed by atoms with van der Waals surface area (Å²) in [5.74, 6) is 0. The standard InChI is InChI=1S/Cr.4O.2Pb.8H/q;;;2*-1;2*+1;;;;;;;;. The number of hydrogen-bond donors (Lipinski definition) is 0. The molecular formula is H8CrO4Pb2. The Kier molecular flexibility index (Phi) is 13.7. The van der Waals surface area contributed by atoms with Gasteiger partial charge in [0.15, 0.2) is 0 Å². The molecule has 0 aliphatic rings. The molecule has 0 bridgehead atoms. The van der Waals surface area contributed by atoms with Crippen molar-refractivity contribution in [3.8, 4) is 0 Å². The van der Waals surface area contributed by atoms with Crippen LogP contribution < -0.4 is 8.32 Å². The van der Waals surface area contributed by atoms with E-state index in [-0.39, 0.29) is 54.6 Å². The molecule has 0 atom stereocenters. The van der Waals surface area contributed by atoms with E-state index in [4.69, 9.17) is 15.9 Å². The zero-order chi connectivity index (χ0) is 4.50. The van der Waals surface area contributed by atoms with E-state index < -0.39 is 13.6 Å². The Morgan fingerprint density at radius 1 is 1.00 bits per heavy atom. The fourth-order valence-electron chi connectivity index (χ4n) is 0. The summed E-state index contributed by atoms with van der Waals surface area (Å²) in [5, 5.41) is 0. The molecule has 4 nitrogen and oxygen atoms in total. The van der Waals surface area contributed by atoms with Gasteiger partial charge in [-0.2, -0.15) is 0 Å². The van der Waals surface area contributed by atoms with Crippen molar-refractivity contribution in [3.05, 3.63) is 0 Å². The maximum atomic E-state index is 8.59. The molecule has 0 spiro atoms. The third-order valence-electron chi connectivity index (χ3n) is 0. The first kappa shape index (κ1) is 16.0. The van der Waals surface area contributed by atoms with Gasteiger partial charge in [0.1, 0.15) is 0 Å². The molecule has 0 aliphatic heterocycles. The van der Waals surface area contributed by atoms with Gasteiger partial charge in [0.05, 0.1) is 0 Å². The van der Waals surface area contributed by atoms with E-state index in [0.29, 0.717) is 0 Å². The molecule has 7 heteroatoms. The third kappa shape index (κ3) is 76.3. The van der Waals surface area contributed by atoms with Crippen molar-refractivity contribution in [2.24, 2.45) is 0 Å². The summed E-state index contributed by atoms with van der Waals surface area (Å²) in [6.45, 7) is 0. The molecular weight excluding hydrogens is 530 g/mol. The van der Waals surface area contributed by atoms with E-state index in [9.17, 15) is 0 Å². The summed E-state index contributed by atoms with van der Waals surface area (Å²) in [6.07, 6.45) is 0. The number of hydrogen-bond acceptors (Lipinski definition) is 4. The van der Waals surface area contributed by atoms with E-state index >= 15 is 0 Å². The van der Waals surface area contributed by atoms with Crippen LogP contribution in [0.3, 0.4) is 0 Å². The van der Waals surface area contributed by atoms with Crippen molar-refractivity contribution in [3.63, 3.8) is 0 Å². The van der Waals surface area contributed by atoms with Gasteiger partial charge in [0.2, 0.25) is 0 Å². The van der Waals surface area contributed by atoms with E-state index in [1.165, 1.54) is 0 Å². The van der Waals surface area contributed by atoms with Crippen molar-refractivity contribution < 1.29 is 29.5 Å². The second-order valence-corrected chi connectivity index (χ2v) is 1.68. The van der Waals surface area contributed by atoms with Gasteiger partial charge in [-0.15, -0.1) is 0 Å². The van der Waals surface area contributed by atoms with Crippen molar-refractivity contribution >= 4 is 54.6 Å². The molecule has 0 saturated carbocycles. The van der Waals surface area contributed by atoms with Gasteiger partial charge in [-0.1, -0.05) is 0 Å². The molecule has 0 fully saturated rings. The predicted molar refractivity (Wildman–Crippen MR) is 24.0 cm³/mol. The summed E-state index contributed by atoms with van der Waals surface area (Å²) in [4.78, 5) is 0. The van der Waals surface area contributed by atoms with Gasteiger partial charge in [-0.25, -0.2) is 0 Å². The van der Waals surface area contributed by atoms with Crippen molar-refractivity contribution in [2.45, 2.75) is 0 Å². The quantitative estimate of drug-likeness (QED) is 0.289. The first-order valence-corrected chi connectivity index (χ1v) is 2.75. The molecule has 0 aromatic carbocycles. The zero-order valence-corrected chi connectivity index (χ0v) is 3.32. The maximum absolute atomic E-state index is 8.59. The van der Waals surface area contributed by atoms with Crippen LogP contribution in [0.5, 0.6) is 0 Å². The van der Waals surface area contributed by atoms with Crippen molar-refractivity contribution in [1.29, 1.82) is 0 Å².